The molecule has 58 valence electrons. The first kappa shape index (κ1) is 7.98. The zero-order chi connectivity index (χ0) is 7.61. The molecule has 4 heteroatoms. The molecule has 0 bridgehead atoms. The number of hydrogen-bond donors (Lipinski definition) is 0. The minimum absolute atomic E-state index is 0.287. The van der Waals surface area contributed by atoms with Gasteiger partial charge in [0.15, 0.2) is 0 Å². The van der Waals surface area contributed by atoms with Gasteiger partial charge in [-0.05, 0) is 11.3 Å². The van der Waals surface area contributed by atoms with Crippen molar-refractivity contribution in [3.63, 3.8) is 0 Å². The zero-order valence-corrected chi connectivity index (χ0v) is 6.00. The Morgan fingerprint density at radius 3 is 2.60 bits per heavy atom. The Bertz CT molecular complexity index is 138. The molecule has 0 nitrogen and oxygen atoms in total. The van der Waals surface area contributed by atoms with Gasteiger partial charge in [0.05, 0.1) is 6.42 Å². The van der Waals surface area contributed by atoms with Gasteiger partial charge in [-0.3, -0.25) is 0 Å². The summed E-state index contributed by atoms with van der Waals surface area (Å²) in [5, 5.41) is 1.73. The van der Waals surface area contributed by atoms with Crippen molar-refractivity contribution in [2.75, 3.05) is 5.75 Å². The highest BCUT2D eigenvalue weighted by Gasteiger charge is 2.31. The molecule has 1 atom stereocenters. The molecular weight excluding hydrogens is 161 g/mol. The molecule has 0 amide bonds. The molecule has 1 unspecified atom stereocenters. The standard InChI is InChI=1S/C6H7F3S/c7-6(8,9)3-5-1-2-10-4-5/h1-2,5H,3-4H2. The Kier molecular flexibility index (Phi) is 2.28. The molecule has 10 heavy (non-hydrogen) atoms. The van der Waals surface area contributed by atoms with Crippen molar-refractivity contribution in [3.8, 4) is 0 Å². The van der Waals surface area contributed by atoms with Gasteiger partial charge in [0, 0.05) is 5.75 Å². The highest BCUT2D eigenvalue weighted by atomic mass is 32.2. The summed E-state index contributed by atoms with van der Waals surface area (Å²) in [6.45, 7) is 0. The zero-order valence-electron chi connectivity index (χ0n) is 5.19. The summed E-state index contributed by atoms with van der Waals surface area (Å²) < 4.78 is 35.0. The Hall–Kier alpha value is -0.120. The smallest absolute Gasteiger partial charge is 0.171 e. The Labute approximate surface area is 61.5 Å². The van der Waals surface area contributed by atoms with Gasteiger partial charge in [-0.2, -0.15) is 13.2 Å². The van der Waals surface area contributed by atoms with Gasteiger partial charge in [-0.25, -0.2) is 0 Å². The number of halogens is 3. The van der Waals surface area contributed by atoms with Crippen LogP contribution in [0.4, 0.5) is 13.2 Å². The van der Waals surface area contributed by atoms with Crippen LogP contribution in [0.15, 0.2) is 11.5 Å². The molecule has 0 aromatic carbocycles. The Morgan fingerprint density at radius 2 is 2.20 bits per heavy atom. The number of rotatable bonds is 1. The molecule has 1 rings (SSSR count). The van der Waals surface area contributed by atoms with Crippen LogP contribution in [0, 0.1) is 5.92 Å². The largest absolute Gasteiger partial charge is 0.389 e. The highest BCUT2D eigenvalue weighted by molar-refractivity contribution is 8.02. The van der Waals surface area contributed by atoms with Gasteiger partial charge in [0.2, 0.25) is 0 Å². The first-order valence-electron chi connectivity index (χ1n) is 2.93. The van der Waals surface area contributed by atoms with Gasteiger partial charge in [-0.1, -0.05) is 6.08 Å². The summed E-state index contributed by atoms with van der Waals surface area (Å²) >= 11 is 1.44. The quantitative estimate of drug-likeness (QED) is 0.580. The minimum atomic E-state index is -4.00. The molecule has 0 N–H and O–H groups in total. The lowest BCUT2D eigenvalue weighted by Gasteiger charge is -2.09. The SMILES string of the molecule is FC(F)(F)CC1C=CSC1. The van der Waals surface area contributed by atoms with Crippen LogP contribution in [-0.4, -0.2) is 11.9 Å². The molecule has 0 radical (unpaired) electrons. The molecule has 0 aromatic heterocycles. The van der Waals surface area contributed by atoms with Gasteiger partial charge < -0.3 is 0 Å². The van der Waals surface area contributed by atoms with Crippen molar-refractivity contribution in [1.29, 1.82) is 0 Å². The van der Waals surface area contributed by atoms with E-state index in [1.54, 1.807) is 11.5 Å². The third kappa shape index (κ3) is 2.64. The first-order chi connectivity index (χ1) is 4.58. The van der Waals surface area contributed by atoms with Crippen LogP contribution >= 0.6 is 11.8 Å². The fourth-order valence-electron chi connectivity index (χ4n) is 0.826. The number of hydrogen-bond acceptors (Lipinski definition) is 1. The molecule has 0 fully saturated rings. The van der Waals surface area contributed by atoms with Gasteiger partial charge in [0.1, 0.15) is 0 Å². The van der Waals surface area contributed by atoms with E-state index in [1.807, 2.05) is 0 Å². The molecular formula is C6H7F3S. The Morgan fingerprint density at radius 1 is 1.50 bits per heavy atom. The Balaban J connectivity index is 2.31. The lowest BCUT2D eigenvalue weighted by Crippen LogP contribution is -2.13. The summed E-state index contributed by atoms with van der Waals surface area (Å²) in [7, 11) is 0. The summed E-state index contributed by atoms with van der Waals surface area (Å²) in [5.74, 6) is 0.296. The molecule has 1 aliphatic rings. The molecule has 0 aromatic rings. The maximum atomic E-state index is 11.7. The van der Waals surface area contributed by atoms with E-state index in [1.165, 1.54) is 11.8 Å². The van der Waals surface area contributed by atoms with E-state index in [-0.39, 0.29) is 5.92 Å². The van der Waals surface area contributed by atoms with Crippen molar-refractivity contribution in [3.05, 3.63) is 11.5 Å². The van der Waals surface area contributed by atoms with Crippen molar-refractivity contribution in [2.45, 2.75) is 12.6 Å². The van der Waals surface area contributed by atoms with Crippen LogP contribution in [0.2, 0.25) is 0 Å². The summed E-state index contributed by atoms with van der Waals surface area (Å²) in [6.07, 6.45) is -3.05. The summed E-state index contributed by atoms with van der Waals surface area (Å²) in [6, 6.07) is 0. The fourth-order valence-corrected chi connectivity index (χ4v) is 1.75. The van der Waals surface area contributed by atoms with E-state index >= 15 is 0 Å². The van der Waals surface area contributed by atoms with E-state index in [4.69, 9.17) is 0 Å². The molecule has 0 saturated carbocycles. The molecule has 0 saturated heterocycles. The van der Waals surface area contributed by atoms with Crippen LogP contribution in [0.5, 0.6) is 0 Å². The normalized spacial score (nSPS) is 25.7. The third-order valence-corrected chi connectivity index (χ3v) is 2.22. The minimum Gasteiger partial charge on any atom is -0.171 e. The van der Waals surface area contributed by atoms with E-state index in [9.17, 15) is 13.2 Å². The predicted molar refractivity (Wildman–Crippen MR) is 35.8 cm³/mol. The average Bonchev–Trinajstić information content (AvgIpc) is 2.12. The number of thioether (sulfide) groups is 1. The fraction of sp³-hybridized carbons (Fsp3) is 0.667. The summed E-state index contributed by atoms with van der Waals surface area (Å²) in [4.78, 5) is 0. The topological polar surface area (TPSA) is 0 Å². The van der Waals surface area contributed by atoms with Gasteiger partial charge >= 0.3 is 6.18 Å². The van der Waals surface area contributed by atoms with E-state index < -0.39 is 12.6 Å². The maximum absolute atomic E-state index is 11.7. The third-order valence-electron chi connectivity index (χ3n) is 1.25. The second kappa shape index (κ2) is 2.86. The van der Waals surface area contributed by atoms with Gasteiger partial charge in [0.25, 0.3) is 0 Å². The van der Waals surface area contributed by atoms with Crippen molar-refractivity contribution in [1.82, 2.24) is 0 Å². The first-order valence-corrected chi connectivity index (χ1v) is 3.98. The van der Waals surface area contributed by atoms with Gasteiger partial charge in [-0.15, -0.1) is 11.8 Å². The van der Waals surface area contributed by atoms with E-state index in [2.05, 4.69) is 0 Å². The van der Waals surface area contributed by atoms with Crippen LogP contribution in [0.25, 0.3) is 0 Å². The van der Waals surface area contributed by atoms with Crippen molar-refractivity contribution >= 4 is 11.8 Å². The van der Waals surface area contributed by atoms with E-state index in [0.29, 0.717) is 5.75 Å². The highest BCUT2D eigenvalue weighted by Crippen LogP contribution is 2.31. The molecule has 0 aliphatic carbocycles. The second-order valence-electron chi connectivity index (χ2n) is 2.24. The van der Waals surface area contributed by atoms with Crippen LogP contribution in [0.1, 0.15) is 6.42 Å². The summed E-state index contributed by atoms with van der Waals surface area (Å²) in [5.41, 5.74) is 0. The van der Waals surface area contributed by atoms with Crippen molar-refractivity contribution < 1.29 is 13.2 Å². The van der Waals surface area contributed by atoms with E-state index in [0.717, 1.165) is 0 Å². The lowest BCUT2D eigenvalue weighted by atomic mass is 10.1. The lowest BCUT2D eigenvalue weighted by molar-refractivity contribution is -0.139. The average molecular weight is 168 g/mol. The van der Waals surface area contributed by atoms with Crippen LogP contribution < -0.4 is 0 Å². The molecule has 0 spiro atoms. The van der Waals surface area contributed by atoms with Crippen molar-refractivity contribution in [2.24, 2.45) is 5.92 Å². The molecule has 1 aliphatic heterocycles. The molecule has 1 heterocycles. The monoisotopic (exact) mass is 168 g/mol. The number of allylic oxidation sites excluding steroid dienone is 1. The number of alkyl halides is 3. The maximum Gasteiger partial charge on any atom is 0.389 e. The van der Waals surface area contributed by atoms with Crippen LogP contribution in [0.3, 0.4) is 0 Å². The van der Waals surface area contributed by atoms with Crippen LogP contribution in [-0.2, 0) is 0 Å². The second-order valence-corrected chi connectivity index (χ2v) is 3.18. The predicted octanol–water partition coefficient (Wildman–Crippen LogP) is 2.82.